The molecule has 2 N–H and O–H groups in total. The van der Waals surface area contributed by atoms with Gasteiger partial charge in [0, 0.05) is 0 Å². The maximum absolute atomic E-state index is 6.11. The zero-order chi connectivity index (χ0) is 14.5. The highest BCUT2D eigenvalue weighted by Crippen LogP contribution is 2.30. The molecule has 1 aromatic carbocycles. The summed E-state index contributed by atoms with van der Waals surface area (Å²) in [7, 11) is 0. The molecule has 0 aromatic heterocycles. The summed E-state index contributed by atoms with van der Waals surface area (Å²) in [6.07, 6.45) is 4.22. The van der Waals surface area contributed by atoms with Crippen LogP contribution in [0.2, 0.25) is 0 Å². The summed E-state index contributed by atoms with van der Waals surface area (Å²) in [6.45, 7) is 8.29. The second kappa shape index (κ2) is 7.24. The van der Waals surface area contributed by atoms with Gasteiger partial charge in [-0.2, -0.15) is 0 Å². The molecular formula is C18H29NO. The van der Waals surface area contributed by atoms with Crippen LogP contribution in [0.4, 0.5) is 0 Å². The van der Waals surface area contributed by atoms with Gasteiger partial charge in [0.1, 0.15) is 0 Å². The number of ether oxygens (including phenoxy) is 1. The summed E-state index contributed by atoms with van der Waals surface area (Å²) < 4.78 is 6.11. The van der Waals surface area contributed by atoms with Crippen LogP contribution >= 0.6 is 0 Å². The fourth-order valence-electron chi connectivity index (χ4n) is 3.30. The molecule has 3 atom stereocenters. The maximum Gasteiger partial charge on any atom is 0.0720 e. The Balaban J connectivity index is 1.84. The lowest BCUT2D eigenvalue weighted by atomic mass is 9.82. The molecule has 0 spiro atoms. The van der Waals surface area contributed by atoms with Gasteiger partial charge >= 0.3 is 0 Å². The van der Waals surface area contributed by atoms with Crippen molar-refractivity contribution in [2.45, 2.75) is 58.7 Å². The number of rotatable bonds is 5. The number of hydrogen-bond donors (Lipinski definition) is 1. The van der Waals surface area contributed by atoms with Crippen molar-refractivity contribution in [3.63, 3.8) is 0 Å². The molecule has 1 aliphatic rings. The van der Waals surface area contributed by atoms with Gasteiger partial charge in [-0.3, -0.25) is 0 Å². The van der Waals surface area contributed by atoms with E-state index in [0.717, 1.165) is 18.4 Å². The molecule has 2 nitrogen and oxygen atoms in total. The van der Waals surface area contributed by atoms with Crippen LogP contribution in [0.15, 0.2) is 24.3 Å². The van der Waals surface area contributed by atoms with Gasteiger partial charge in [0.05, 0.1) is 12.7 Å². The Morgan fingerprint density at radius 2 is 1.70 bits per heavy atom. The third-order valence-corrected chi connectivity index (χ3v) is 4.52. The summed E-state index contributed by atoms with van der Waals surface area (Å²) in [5.74, 6) is 2.04. The molecule has 0 saturated heterocycles. The molecule has 0 amide bonds. The van der Waals surface area contributed by atoms with Crippen molar-refractivity contribution in [1.82, 2.24) is 0 Å². The molecule has 1 saturated carbocycles. The molecule has 3 unspecified atom stereocenters. The van der Waals surface area contributed by atoms with Crippen molar-refractivity contribution in [3.05, 3.63) is 35.4 Å². The minimum atomic E-state index is 0.435. The molecule has 1 fully saturated rings. The van der Waals surface area contributed by atoms with Crippen molar-refractivity contribution in [2.24, 2.45) is 17.6 Å². The van der Waals surface area contributed by atoms with Crippen LogP contribution in [0.25, 0.3) is 0 Å². The van der Waals surface area contributed by atoms with Crippen LogP contribution in [-0.2, 0) is 11.3 Å². The van der Waals surface area contributed by atoms with E-state index in [9.17, 15) is 0 Å². The van der Waals surface area contributed by atoms with Crippen LogP contribution in [-0.4, -0.2) is 12.6 Å². The summed E-state index contributed by atoms with van der Waals surface area (Å²) in [4.78, 5) is 0. The van der Waals surface area contributed by atoms with Gasteiger partial charge in [0.25, 0.3) is 0 Å². The van der Waals surface area contributed by atoms with Crippen molar-refractivity contribution in [3.8, 4) is 0 Å². The van der Waals surface area contributed by atoms with Crippen LogP contribution in [0, 0.1) is 11.8 Å². The largest absolute Gasteiger partial charge is 0.374 e. The van der Waals surface area contributed by atoms with Crippen LogP contribution in [0.1, 0.15) is 57.1 Å². The molecule has 20 heavy (non-hydrogen) atoms. The van der Waals surface area contributed by atoms with E-state index >= 15 is 0 Å². The fourth-order valence-corrected chi connectivity index (χ4v) is 3.30. The van der Waals surface area contributed by atoms with Crippen molar-refractivity contribution < 1.29 is 4.74 Å². The number of benzene rings is 1. The standard InChI is InChI=1S/C18H29NO/c1-13-8-14(2)10-18(9-13)20-12-16-4-6-17(7-5-16)15(3)11-19/h4-7,13-15,18H,8-12,19H2,1-3H3. The van der Waals surface area contributed by atoms with Gasteiger partial charge in [0.2, 0.25) is 0 Å². The van der Waals surface area contributed by atoms with E-state index in [-0.39, 0.29) is 0 Å². The first-order valence-electron chi connectivity index (χ1n) is 7.99. The minimum absolute atomic E-state index is 0.435. The Bertz CT molecular complexity index is 390. The Kier molecular flexibility index (Phi) is 5.62. The highest BCUT2D eigenvalue weighted by molar-refractivity contribution is 5.24. The lowest BCUT2D eigenvalue weighted by Crippen LogP contribution is -2.26. The number of hydrogen-bond acceptors (Lipinski definition) is 2. The molecule has 1 aromatic rings. The van der Waals surface area contributed by atoms with E-state index in [1.807, 2.05) is 0 Å². The van der Waals surface area contributed by atoms with E-state index < -0.39 is 0 Å². The average molecular weight is 275 g/mol. The average Bonchev–Trinajstić information content (AvgIpc) is 2.44. The normalized spacial score (nSPS) is 28.3. The van der Waals surface area contributed by atoms with Crippen LogP contribution in [0.3, 0.4) is 0 Å². The summed E-state index contributed by atoms with van der Waals surface area (Å²) >= 11 is 0. The van der Waals surface area contributed by atoms with Crippen molar-refractivity contribution in [2.75, 3.05) is 6.54 Å². The summed E-state index contributed by atoms with van der Waals surface area (Å²) in [6, 6.07) is 8.72. The zero-order valence-corrected chi connectivity index (χ0v) is 13.1. The minimum Gasteiger partial charge on any atom is -0.374 e. The van der Waals surface area contributed by atoms with Gasteiger partial charge < -0.3 is 10.5 Å². The Hall–Kier alpha value is -0.860. The van der Waals surface area contributed by atoms with Crippen molar-refractivity contribution >= 4 is 0 Å². The van der Waals surface area contributed by atoms with Crippen molar-refractivity contribution in [1.29, 1.82) is 0 Å². The molecule has 0 bridgehead atoms. The Morgan fingerprint density at radius 1 is 1.10 bits per heavy atom. The SMILES string of the molecule is CC1CC(C)CC(OCc2ccc(C(C)CN)cc2)C1. The molecule has 2 heteroatoms. The lowest BCUT2D eigenvalue weighted by Gasteiger charge is -2.31. The Morgan fingerprint density at radius 3 is 2.25 bits per heavy atom. The third-order valence-electron chi connectivity index (χ3n) is 4.52. The third kappa shape index (κ3) is 4.32. The molecule has 1 aliphatic carbocycles. The van der Waals surface area contributed by atoms with E-state index in [1.165, 1.54) is 30.4 Å². The fraction of sp³-hybridized carbons (Fsp3) is 0.667. The molecule has 0 heterocycles. The highest BCUT2D eigenvalue weighted by Gasteiger charge is 2.24. The predicted molar refractivity (Wildman–Crippen MR) is 84.7 cm³/mol. The van der Waals surface area contributed by atoms with E-state index in [1.54, 1.807) is 0 Å². The van der Waals surface area contributed by atoms with Gasteiger partial charge in [-0.15, -0.1) is 0 Å². The molecule has 2 rings (SSSR count). The topological polar surface area (TPSA) is 35.2 Å². The van der Waals surface area contributed by atoms with Gasteiger partial charge in [-0.1, -0.05) is 45.0 Å². The van der Waals surface area contributed by atoms with Crippen LogP contribution in [0.5, 0.6) is 0 Å². The zero-order valence-electron chi connectivity index (χ0n) is 13.1. The smallest absolute Gasteiger partial charge is 0.0720 e. The Labute approximate surface area is 123 Å². The van der Waals surface area contributed by atoms with Crippen LogP contribution < -0.4 is 5.73 Å². The molecular weight excluding hydrogens is 246 g/mol. The van der Waals surface area contributed by atoms with E-state index in [0.29, 0.717) is 18.6 Å². The first-order valence-corrected chi connectivity index (χ1v) is 7.99. The van der Waals surface area contributed by atoms with E-state index in [2.05, 4.69) is 45.0 Å². The first-order chi connectivity index (χ1) is 9.58. The monoisotopic (exact) mass is 275 g/mol. The molecule has 112 valence electrons. The highest BCUT2D eigenvalue weighted by atomic mass is 16.5. The lowest BCUT2D eigenvalue weighted by molar-refractivity contribution is -0.00915. The van der Waals surface area contributed by atoms with E-state index in [4.69, 9.17) is 10.5 Å². The quantitative estimate of drug-likeness (QED) is 0.878. The van der Waals surface area contributed by atoms with Gasteiger partial charge in [-0.25, -0.2) is 0 Å². The predicted octanol–water partition coefficient (Wildman–Crippen LogP) is 4.09. The molecule has 0 radical (unpaired) electrons. The first kappa shape index (κ1) is 15.5. The number of nitrogens with two attached hydrogens (primary N) is 1. The van der Waals surface area contributed by atoms with Gasteiger partial charge in [0.15, 0.2) is 0 Å². The van der Waals surface area contributed by atoms with Gasteiger partial charge in [-0.05, 0) is 54.7 Å². The molecule has 0 aliphatic heterocycles. The maximum atomic E-state index is 6.11. The second-order valence-electron chi connectivity index (χ2n) is 6.73. The second-order valence-corrected chi connectivity index (χ2v) is 6.73. The summed E-state index contributed by atoms with van der Waals surface area (Å²) in [5, 5.41) is 0. The summed E-state index contributed by atoms with van der Waals surface area (Å²) in [5.41, 5.74) is 8.28.